The number of halogens is 1. The number of piperazine rings is 1. The number of hydrogen-bond donors (Lipinski definition) is 1. The molecule has 2 aliphatic rings. The van der Waals surface area contributed by atoms with Crippen LogP contribution >= 0.6 is 12.4 Å². The molecule has 2 fully saturated rings. The van der Waals surface area contributed by atoms with Crippen LogP contribution in [-0.2, 0) is 4.79 Å². The average molecular weight is 276 g/mol. The predicted molar refractivity (Wildman–Crippen MR) is 76.2 cm³/mol. The first-order valence-electron chi connectivity index (χ1n) is 6.78. The van der Waals surface area contributed by atoms with Gasteiger partial charge in [0.2, 0.25) is 5.91 Å². The van der Waals surface area contributed by atoms with Crippen LogP contribution in [-0.4, -0.2) is 61.5 Å². The summed E-state index contributed by atoms with van der Waals surface area (Å²) in [5.74, 6) is 0.330. The first-order valence-corrected chi connectivity index (χ1v) is 6.78. The summed E-state index contributed by atoms with van der Waals surface area (Å²) in [4.78, 5) is 16.4. The maximum atomic E-state index is 12.0. The van der Waals surface area contributed by atoms with E-state index in [0.29, 0.717) is 17.7 Å². The van der Waals surface area contributed by atoms with Crippen LogP contribution in [0.25, 0.3) is 0 Å². The van der Waals surface area contributed by atoms with Gasteiger partial charge >= 0.3 is 0 Å². The van der Waals surface area contributed by atoms with Crippen LogP contribution < -0.4 is 5.32 Å². The van der Waals surface area contributed by atoms with Gasteiger partial charge in [-0.3, -0.25) is 4.79 Å². The minimum Gasteiger partial charge on any atom is -0.340 e. The molecule has 1 amide bonds. The normalized spacial score (nSPS) is 23.8. The average Bonchev–Trinajstić information content (AvgIpc) is 2.67. The molecule has 2 heterocycles. The van der Waals surface area contributed by atoms with Crippen molar-refractivity contribution >= 4 is 18.3 Å². The van der Waals surface area contributed by atoms with Crippen molar-refractivity contribution in [2.24, 2.45) is 5.41 Å². The lowest BCUT2D eigenvalue weighted by Gasteiger charge is -2.28. The molecule has 0 spiro atoms. The molecule has 0 atom stereocenters. The van der Waals surface area contributed by atoms with E-state index in [1.165, 1.54) is 6.42 Å². The van der Waals surface area contributed by atoms with Crippen LogP contribution in [0.5, 0.6) is 0 Å². The molecule has 0 aromatic carbocycles. The molecule has 0 radical (unpaired) electrons. The van der Waals surface area contributed by atoms with E-state index in [1.54, 1.807) is 0 Å². The van der Waals surface area contributed by atoms with Crippen molar-refractivity contribution in [3.63, 3.8) is 0 Å². The molecule has 2 aliphatic heterocycles. The monoisotopic (exact) mass is 275 g/mol. The van der Waals surface area contributed by atoms with Crippen molar-refractivity contribution in [3.8, 4) is 0 Å². The summed E-state index contributed by atoms with van der Waals surface area (Å²) in [6.07, 6.45) is 1.95. The molecule has 1 N–H and O–H groups in total. The van der Waals surface area contributed by atoms with Gasteiger partial charge in [0, 0.05) is 45.7 Å². The summed E-state index contributed by atoms with van der Waals surface area (Å²) >= 11 is 0. The van der Waals surface area contributed by atoms with Gasteiger partial charge in [0.15, 0.2) is 0 Å². The van der Waals surface area contributed by atoms with Gasteiger partial charge in [0.1, 0.15) is 0 Å². The van der Waals surface area contributed by atoms with Crippen molar-refractivity contribution < 1.29 is 4.79 Å². The number of carbonyl (C=O) groups excluding carboxylic acids is 1. The van der Waals surface area contributed by atoms with Crippen molar-refractivity contribution in [2.45, 2.75) is 26.7 Å². The summed E-state index contributed by atoms with van der Waals surface area (Å²) in [6, 6.07) is 0. The fourth-order valence-electron chi connectivity index (χ4n) is 2.74. The van der Waals surface area contributed by atoms with Crippen molar-refractivity contribution in [2.75, 3.05) is 45.8 Å². The quantitative estimate of drug-likeness (QED) is 0.834. The third-order valence-electron chi connectivity index (χ3n) is 3.87. The Balaban J connectivity index is 0.00000162. The molecule has 0 saturated carbocycles. The number of nitrogens with one attached hydrogen (secondary N) is 1. The lowest BCUT2D eigenvalue weighted by Crippen LogP contribution is -2.47. The third kappa shape index (κ3) is 4.41. The first kappa shape index (κ1) is 15.7. The van der Waals surface area contributed by atoms with E-state index < -0.39 is 0 Å². The first-order chi connectivity index (χ1) is 8.07. The number of nitrogens with zero attached hydrogens (tertiary/aromatic N) is 2. The zero-order chi connectivity index (χ0) is 12.3. The third-order valence-corrected chi connectivity index (χ3v) is 3.87. The minimum absolute atomic E-state index is 0. The Morgan fingerprint density at radius 1 is 1.22 bits per heavy atom. The van der Waals surface area contributed by atoms with E-state index in [1.807, 2.05) is 4.90 Å². The summed E-state index contributed by atoms with van der Waals surface area (Å²) in [5, 5.41) is 3.27. The van der Waals surface area contributed by atoms with Crippen LogP contribution in [0.1, 0.15) is 26.7 Å². The number of likely N-dealkylation sites (tertiary alicyclic amines) is 1. The highest BCUT2D eigenvalue weighted by Crippen LogP contribution is 2.28. The van der Waals surface area contributed by atoms with Gasteiger partial charge in [0.25, 0.3) is 0 Å². The van der Waals surface area contributed by atoms with Gasteiger partial charge in [0.05, 0.1) is 0 Å². The van der Waals surface area contributed by atoms with Crippen molar-refractivity contribution in [3.05, 3.63) is 0 Å². The van der Waals surface area contributed by atoms with Gasteiger partial charge in [-0.25, -0.2) is 0 Å². The molecule has 0 unspecified atom stereocenters. The van der Waals surface area contributed by atoms with Gasteiger partial charge in [-0.2, -0.15) is 0 Å². The fraction of sp³-hybridized carbons (Fsp3) is 0.923. The van der Waals surface area contributed by atoms with Gasteiger partial charge in [-0.1, -0.05) is 13.8 Å². The molecule has 4 nitrogen and oxygen atoms in total. The Morgan fingerprint density at radius 2 is 1.89 bits per heavy atom. The minimum atomic E-state index is 0. The smallest absolute Gasteiger partial charge is 0.223 e. The molecule has 0 bridgehead atoms. The number of amides is 1. The van der Waals surface area contributed by atoms with Crippen LogP contribution in [0.4, 0.5) is 0 Å². The Kier molecular flexibility index (Phi) is 5.89. The molecule has 5 heteroatoms. The molecular formula is C13H26ClN3O. The Bertz CT molecular complexity index is 277. The SMILES string of the molecule is CC1(C)CCN(CCC(=O)N2CCNCC2)C1.Cl. The fourth-order valence-corrected chi connectivity index (χ4v) is 2.74. The van der Waals surface area contributed by atoms with Gasteiger partial charge in [-0.15, -0.1) is 12.4 Å². The van der Waals surface area contributed by atoms with Crippen LogP contribution in [0.2, 0.25) is 0 Å². The summed E-state index contributed by atoms with van der Waals surface area (Å²) in [6.45, 7) is 11.5. The lowest BCUT2D eigenvalue weighted by atomic mass is 9.93. The van der Waals surface area contributed by atoms with Gasteiger partial charge in [-0.05, 0) is 18.4 Å². The molecule has 2 saturated heterocycles. The largest absolute Gasteiger partial charge is 0.340 e. The van der Waals surface area contributed by atoms with E-state index in [4.69, 9.17) is 0 Å². The molecule has 0 aliphatic carbocycles. The second-order valence-corrected chi connectivity index (χ2v) is 6.07. The van der Waals surface area contributed by atoms with E-state index in [9.17, 15) is 4.79 Å². The number of rotatable bonds is 3. The zero-order valence-electron chi connectivity index (χ0n) is 11.6. The topological polar surface area (TPSA) is 35.6 Å². The zero-order valence-corrected chi connectivity index (χ0v) is 12.4. The molecule has 106 valence electrons. The Hall–Kier alpha value is -0.320. The second-order valence-electron chi connectivity index (χ2n) is 6.07. The highest BCUT2D eigenvalue weighted by atomic mass is 35.5. The predicted octanol–water partition coefficient (Wildman–Crippen LogP) is 0.962. The lowest BCUT2D eigenvalue weighted by molar-refractivity contribution is -0.132. The highest BCUT2D eigenvalue weighted by molar-refractivity contribution is 5.85. The maximum absolute atomic E-state index is 12.0. The molecule has 2 rings (SSSR count). The van der Waals surface area contributed by atoms with E-state index in [0.717, 1.165) is 45.8 Å². The Morgan fingerprint density at radius 3 is 2.44 bits per heavy atom. The maximum Gasteiger partial charge on any atom is 0.223 e. The highest BCUT2D eigenvalue weighted by Gasteiger charge is 2.29. The van der Waals surface area contributed by atoms with E-state index >= 15 is 0 Å². The second kappa shape index (κ2) is 6.73. The van der Waals surface area contributed by atoms with Crippen LogP contribution in [0.15, 0.2) is 0 Å². The van der Waals surface area contributed by atoms with Crippen LogP contribution in [0.3, 0.4) is 0 Å². The summed E-state index contributed by atoms with van der Waals surface area (Å²) in [5.41, 5.74) is 0.443. The molecule has 0 aromatic rings. The summed E-state index contributed by atoms with van der Waals surface area (Å²) < 4.78 is 0. The number of carbonyl (C=O) groups is 1. The van der Waals surface area contributed by atoms with Crippen molar-refractivity contribution in [1.82, 2.24) is 15.1 Å². The van der Waals surface area contributed by atoms with Crippen LogP contribution in [0, 0.1) is 5.41 Å². The molecular weight excluding hydrogens is 250 g/mol. The molecule has 0 aromatic heterocycles. The molecule has 18 heavy (non-hydrogen) atoms. The Labute approximate surface area is 116 Å². The van der Waals surface area contributed by atoms with Gasteiger partial charge < -0.3 is 15.1 Å². The van der Waals surface area contributed by atoms with Crippen molar-refractivity contribution in [1.29, 1.82) is 0 Å². The standard InChI is InChI=1S/C13H25N3O.ClH/c1-13(2)4-8-15(11-13)7-3-12(17)16-9-5-14-6-10-16;/h14H,3-11H2,1-2H3;1H. The van der Waals surface area contributed by atoms with E-state index in [-0.39, 0.29) is 12.4 Å². The number of hydrogen-bond acceptors (Lipinski definition) is 3. The summed E-state index contributed by atoms with van der Waals surface area (Å²) in [7, 11) is 0. The van der Waals surface area contributed by atoms with E-state index in [2.05, 4.69) is 24.1 Å².